The van der Waals surface area contributed by atoms with Gasteiger partial charge in [0.2, 0.25) is 5.91 Å². The van der Waals surface area contributed by atoms with Crippen LogP contribution in [0.3, 0.4) is 0 Å². The summed E-state index contributed by atoms with van der Waals surface area (Å²) in [5.74, 6) is -0.748. The molecule has 5 heteroatoms. The summed E-state index contributed by atoms with van der Waals surface area (Å²) in [4.78, 5) is 24.6. The molecular weight excluding hydrogens is 234 g/mol. The number of nitrogens with zero attached hydrogens (tertiary/aromatic N) is 1. The molecule has 1 unspecified atom stereocenters. The van der Waals surface area contributed by atoms with Gasteiger partial charge in [-0.3, -0.25) is 4.79 Å². The molecule has 1 amide bonds. The summed E-state index contributed by atoms with van der Waals surface area (Å²) in [6, 6.07) is 5.30. The Bertz CT molecular complexity index is 498. The number of aliphatic hydroxyl groups is 1. The Morgan fingerprint density at radius 2 is 2.17 bits per heavy atom. The minimum absolute atomic E-state index is 0.0213. The van der Waals surface area contributed by atoms with Crippen molar-refractivity contribution in [2.24, 2.45) is 0 Å². The van der Waals surface area contributed by atoms with Gasteiger partial charge in [0.05, 0.1) is 12.8 Å². The first-order chi connectivity index (χ1) is 8.56. The number of hydrogen-bond donors (Lipinski definition) is 1. The molecule has 1 aromatic rings. The zero-order valence-electron chi connectivity index (χ0n) is 10.3. The molecule has 0 spiro atoms. The van der Waals surface area contributed by atoms with Crippen LogP contribution in [0, 0.1) is 0 Å². The lowest BCUT2D eigenvalue weighted by atomic mass is 9.95. The van der Waals surface area contributed by atoms with Gasteiger partial charge in [-0.15, -0.1) is 0 Å². The largest absolute Gasteiger partial charge is 0.467 e. The van der Waals surface area contributed by atoms with Gasteiger partial charge in [0, 0.05) is 19.0 Å². The van der Waals surface area contributed by atoms with Crippen LogP contribution < -0.4 is 4.90 Å². The minimum atomic E-state index is -1.36. The van der Waals surface area contributed by atoms with Crippen molar-refractivity contribution in [2.75, 3.05) is 19.1 Å². The lowest BCUT2D eigenvalue weighted by Crippen LogP contribution is -2.33. The Labute approximate surface area is 105 Å². The van der Waals surface area contributed by atoms with Gasteiger partial charge in [0.15, 0.2) is 6.10 Å². The molecule has 2 rings (SSSR count). The second kappa shape index (κ2) is 4.78. The number of anilines is 1. The van der Waals surface area contributed by atoms with Crippen LogP contribution in [0.5, 0.6) is 0 Å². The number of carbonyl (C=O) groups is 2. The average Bonchev–Trinajstić information content (AvgIpc) is 2.40. The maximum absolute atomic E-state index is 11.7. The third-order valence-corrected chi connectivity index (χ3v) is 3.19. The van der Waals surface area contributed by atoms with Gasteiger partial charge in [-0.05, 0) is 12.0 Å². The highest BCUT2D eigenvalue weighted by atomic mass is 16.5. The first-order valence-corrected chi connectivity index (χ1v) is 5.70. The molecule has 5 nitrogen and oxygen atoms in total. The Morgan fingerprint density at radius 1 is 1.44 bits per heavy atom. The molecule has 0 saturated carbocycles. The minimum Gasteiger partial charge on any atom is -0.467 e. The second-order valence-electron chi connectivity index (χ2n) is 4.23. The van der Waals surface area contributed by atoms with Crippen LogP contribution in [0.1, 0.15) is 23.7 Å². The summed E-state index contributed by atoms with van der Waals surface area (Å²) in [7, 11) is 2.86. The predicted molar refractivity (Wildman–Crippen MR) is 65.1 cm³/mol. The normalized spacial score (nSPS) is 16.2. The fourth-order valence-corrected chi connectivity index (χ4v) is 2.22. The summed E-state index contributed by atoms with van der Waals surface area (Å²) < 4.78 is 4.53. The maximum Gasteiger partial charge on any atom is 0.339 e. The number of benzene rings is 1. The molecule has 1 N–H and O–H groups in total. The number of amides is 1. The summed E-state index contributed by atoms with van der Waals surface area (Å²) in [5.41, 5.74) is 1.99. The topological polar surface area (TPSA) is 66.8 Å². The van der Waals surface area contributed by atoms with E-state index in [0.717, 1.165) is 5.56 Å². The zero-order chi connectivity index (χ0) is 13.3. The van der Waals surface area contributed by atoms with E-state index in [1.165, 1.54) is 12.0 Å². The number of ether oxygens (including phenoxy) is 1. The molecule has 0 saturated heterocycles. The van der Waals surface area contributed by atoms with E-state index in [-0.39, 0.29) is 5.91 Å². The van der Waals surface area contributed by atoms with E-state index in [1.807, 2.05) is 6.07 Å². The van der Waals surface area contributed by atoms with E-state index in [9.17, 15) is 14.7 Å². The highest BCUT2D eigenvalue weighted by Gasteiger charge is 2.29. The number of esters is 1. The van der Waals surface area contributed by atoms with Crippen LogP contribution in [0.25, 0.3) is 0 Å². The Balaban J connectivity index is 2.50. The van der Waals surface area contributed by atoms with Crippen molar-refractivity contribution in [1.29, 1.82) is 0 Å². The quantitative estimate of drug-likeness (QED) is 0.787. The molecule has 1 heterocycles. The fourth-order valence-electron chi connectivity index (χ4n) is 2.22. The molecule has 1 aliphatic heterocycles. The molecule has 96 valence electrons. The van der Waals surface area contributed by atoms with Gasteiger partial charge in [0.1, 0.15) is 0 Å². The summed E-state index contributed by atoms with van der Waals surface area (Å²) in [6.07, 6.45) is -0.292. The highest BCUT2D eigenvalue weighted by Crippen LogP contribution is 2.34. The summed E-state index contributed by atoms with van der Waals surface area (Å²) in [5, 5.41) is 9.94. The molecule has 0 radical (unpaired) electrons. The highest BCUT2D eigenvalue weighted by molar-refractivity contribution is 5.97. The standard InChI is InChI=1S/C13H15NO4/c1-14-10(15)7-6-8-4-3-5-9(11(8)14)12(16)13(17)18-2/h3-5,12,16H,6-7H2,1-2H3. The summed E-state index contributed by atoms with van der Waals surface area (Å²) >= 11 is 0. The lowest BCUT2D eigenvalue weighted by molar-refractivity contribution is -0.150. The number of methoxy groups -OCH3 is 1. The first-order valence-electron chi connectivity index (χ1n) is 5.70. The van der Waals surface area contributed by atoms with Crippen molar-refractivity contribution < 1.29 is 19.4 Å². The van der Waals surface area contributed by atoms with Gasteiger partial charge < -0.3 is 14.7 Å². The number of aryl methyl sites for hydroxylation is 1. The van der Waals surface area contributed by atoms with E-state index in [4.69, 9.17) is 0 Å². The van der Waals surface area contributed by atoms with Crippen molar-refractivity contribution in [3.05, 3.63) is 29.3 Å². The maximum atomic E-state index is 11.7. The predicted octanol–water partition coefficient (Wildman–Crippen LogP) is 0.802. The van der Waals surface area contributed by atoms with Crippen LogP contribution in [0.15, 0.2) is 18.2 Å². The molecule has 0 aromatic heterocycles. The fraction of sp³-hybridized carbons (Fsp3) is 0.385. The van der Waals surface area contributed by atoms with Crippen LogP contribution in [0.2, 0.25) is 0 Å². The third-order valence-electron chi connectivity index (χ3n) is 3.19. The summed E-state index contributed by atoms with van der Waals surface area (Å²) in [6.45, 7) is 0. The number of hydrogen-bond acceptors (Lipinski definition) is 4. The van der Waals surface area contributed by atoms with Crippen molar-refractivity contribution in [3.63, 3.8) is 0 Å². The van der Waals surface area contributed by atoms with Gasteiger partial charge in [0.25, 0.3) is 0 Å². The van der Waals surface area contributed by atoms with E-state index in [2.05, 4.69) is 4.74 Å². The molecule has 0 fully saturated rings. The average molecular weight is 249 g/mol. The molecule has 1 aliphatic rings. The number of para-hydroxylation sites is 1. The molecule has 18 heavy (non-hydrogen) atoms. The first kappa shape index (κ1) is 12.6. The van der Waals surface area contributed by atoms with E-state index >= 15 is 0 Å². The Hall–Kier alpha value is -1.88. The zero-order valence-corrected chi connectivity index (χ0v) is 10.3. The van der Waals surface area contributed by atoms with Crippen molar-refractivity contribution in [2.45, 2.75) is 18.9 Å². The van der Waals surface area contributed by atoms with Gasteiger partial charge in [-0.2, -0.15) is 0 Å². The van der Waals surface area contributed by atoms with Gasteiger partial charge in [-0.1, -0.05) is 18.2 Å². The smallest absolute Gasteiger partial charge is 0.339 e. The number of rotatable bonds is 2. The molecular formula is C13H15NO4. The molecule has 1 atom stereocenters. The van der Waals surface area contributed by atoms with E-state index in [0.29, 0.717) is 24.1 Å². The Morgan fingerprint density at radius 3 is 2.83 bits per heavy atom. The van der Waals surface area contributed by atoms with E-state index in [1.54, 1.807) is 19.2 Å². The van der Waals surface area contributed by atoms with Crippen LogP contribution in [-0.4, -0.2) is 31.1 Å². The van der Waals surface area contributed by atoms with E-state index < -0.39 is 12.1 Å². The number of fused-ring (bicyclic) bond motifs is 1. The lowest BCUT2D eigenvalue weighted by Gasteiger charge is -2.29. The van der Waals surface area contributed by atoms with Crippen LogP contribution in [-0.2, 0) is 20.7 Å². The van der Waals surface area contributed by atoms with Crippen LogP contribution in [0.4, 0.5) is 5.69 Å². The number of aliphatic hydroxyl groups excluding tert-OH is 1. The van der Waals surface area contributed by atoms with Crippen molar-refractivity contribution in [1.82, 2.24) is 0 Å². The van der Waals surface area contributed by atoms with Gasteiger partial charge in [-0.25, -0.2) is 4.79 Å². The van der Waals surface area contributed by atoms with Crippen molar-refractivity contribution in [3.8, 4) is 0 Å². The molecule has 0 bridgehead atoms. The Kier molecular flexibility index (Phi) is 3.34. The molecule has 1 aromatic carbocycles. The van der Waals surface area contributed by atoms with Crippen molar-refractivity contribution >= 4 is 17.6 Å². The second-order valence-corrected chi connectivity index (χ2v) is 4.23. The SMILES string of the molecule is COC(=O)C(O)c1cccc2c1N(C)C(=O)CC2. The third kappa shape index (κ3) is 1.97. The number of carbonyl (C=O) groups excluding carboxylic acids is 2. The van der Waals surface area contributed by atoms with Crippen LogP contribution >= 0.6 is 0 Å². The van der Waals surface area contributed by atoms with Gasteiger partial charge >= 0.3 is 5.97 Å². The molecule has 0 aliphatic carbocycles. The monoisotopic (exact) mass is 249 g/mol.